The van der Waals surface area contributed by atoms with E-state index in [1.807, 2.05) is 13.0 Å². The van der Waals surface area contributed by atoms with Crippen molar-refractivity contribution in [1.82, 2.24) is 0 Å². The van der Waals surface area contributed by atoms with Gasteiger partial charge in [0.05, 0.1) is 11.6 Å². The van der Waals surface area contributed by atoms with E-state index in [1.54, 1.807) is 6.07 Å². The fraction of sp³-hybridized carbons (Fsp3) is 0.208. The maximum atomic E-state index is 11.6. The molecule has 1 aliphatic heterocycles. The summed E-state index contributed by atoms with van der Waals surface area (Å²) in [6.45, 7) is 1.91. The summed E-state index contributed by atoms with van der Waals surface area (Å²) in [4.78, 5) is 11.6. The van der Waals surface area contributed by atoms with Crippen LogP contribution in [0, 0.1) is 12.8 Å². The van der Waals surface area contributed by atoms with E-state index < -0.39 is 5.97 Å². The van der Waals surface area contributed by atoms with Crippen molar-refractivity contribution < 1.29 is 9.90 Å². The van der Waals surface area contributed by atoms with E-state index in [2.05, 4.69) is 59.9 Å². The van der Waals surface area contributed by atoms with Crippen molar-refractivity contribution in [2.24, 2.45) is 5.92 Å². The standard InChI is InChI=1S/C24H21NO2/c1-14-16(24(26)27)12-13-21-18-9-5-11-20(18)23(25-22(14)21)19-10-4-7-15-6-2-3-8-17(15)19/h2-10,12-13,18,20,23,25H,11H2,1H3,(H,26,27). The maximum absolute atomic E-state index is 11.6. The topological polar surface area (TPSA) is 49.3 Å². The van der Waals surface area contributed by atoms with Crippen LogP contribution in [0.5, 0.6) is 0 Å². The Morgan fingerprint density at radius 2 is 1.85 bits per heavy atom. The van der Waals surface area contributed by atoms with Gasteiger partial charge < -0.3 is 10.4 Å². The molecule has 5 rings (SSSR count). The van der Waals surface area contributed by atoms with Gasteiger partial charge in [0.15, 0.2) is 0 Å². The first-order valence-electron chi connectivity index (χ1n) is 9.43. The van der Waals surface area contributed by atoms with Gasteiger partial charge in [-0.15, -0.1) is 0 Å². The first-order chi connectivity index (χ1) is 13.1. The van der Waals surface area contributed by atoms with Gasteiger partial charge in [0.2, 0.25) is 0 Å². The number of aromatic carboxylic acids is 1. The second-order valence-electron chi connectivity index (χ2n) is 7.55. The smallest absolute Gasteiger partial charge is 0.336 e. The van der Waals surface area contributed by atoms with Crippen molar-refractivity contribution in [2.45, 2.75) is 25.3 Å². The highest BCUT2D eigenvalue weighted by atomic mass is 16.4. The number of carboxylic acids is 1. The van der Waals surface area contributed by atoms with Crippen molar-refractivity contribution in [2.75, 3.05) is 5.32 Å². The number of nitrogens with one attached hydrogen (secondary N) is 1. The third kappa shape index (κ3) is 2.38. The SMILES string of the molecule is Cc1c(C(=O)O)ccc2c1NC(c1cccc3ccccc13)C1CC=CC21. The molecule has 2 N–H and O–H groups in total. The van der Waals surface area contributed by atoms with Gasteiger partial charge in [-0.1, -0.05) is 60.7 Å². The van der Waals surface area contributed by atoms with Crippen LogP contribution in [0.4, 0.5) is 5.69 Å². The van der Waals surface area contributed by atoms with Crippen LogP contribution in [-0.4, -0.2) is 11.1 Å². The molecule has 3 aromatic rings. The van der Waals surface area contributed by atoms with Gasteiger partial charge in [0.1, 0.15) is 0 Å². The van der Waals surface area contributed by atoms with Crippen molar-refractivity contribution in [3.63, 3.8) is 0 Å². The van der Waals surface area contributed by atoms with Gasteiger partial charge in [0.25, 0.3) is 0 Å². The van der Waals surface area contributed by atoms with E-state index in [0.717, 1.165) is 17.7 Å². The van der Waals surface area contributed by atoms with Gasteiger partial charge in [-0.2, -0.15) is 0 Å². The van der Waals surface area contributed by atoms with Gasteiger partial charge in [-0.25, -0.2) is 4.79 Å². The summed E-state index contributed by atoms with van der Waals surface area (Å²) in [5, 5.41) is 15.8. The Labute approximate surface area is 158 Å². The van der Waals surface area contributed by atoms with Gasteiger partial charge in [-0.05, 0) is 52.8 Å². The van der Waals surface area contributed by atoms with Crippen molar-refractivity contribution in [3.05, 3.63) is 89.0 Å². The minimum Gasteiger partial charge on any atom is -0.478 e. The lowest BCUT2D eigenvalue weighted by Crippen LogP contribution is -2.30. The van der Waals surface area contributed by atoms with E-state index in [-0.39, 0.29) is 6.04 Å². The molecule has 134 valence electrons. The molecular weight excluding hydrogens is 334 g/mol. The lowest BCUT2D eigenvalue weighted by molar-refractivity contribution is 0.0696. The van der Waals surface area contributed by atoms with Gasteiger partial charge in [0, 0.05) is 11.6 Å². The average molecular weight is 355 g/mol. The lowest BCUT2D eigenvalue weighted by atomic mass is 9.75. The number of allylic oxidation sites excluding steroid dienone is 2. The highest BCUT2D eigenvalue weighted by Gasteiger charge is 2.39. The monoisotopic (exact) mass is 355 g/mol. The second-order valence-corrected chi connectivity index (χ2v) is 7.55. The Balaban J connectivity index is 1.70. The molecule has 0 radical (unpaired) electrons. The third-order valence-corrected chi connectivity index (χ3v) is 6.19. The number of hydrogen-bond acceptors (Lipinski definition) is 2. The Bertz CT molecular complexity index is 1090. The van der Waals surface area contributed by atoms with Crippen LogP contribution >= 0.6 is 0 Å². The molecule has 1 heterocycles. The lowest BCUT2D eigenvalue weighted by Gasteiger charge is -2.39. The number of anilines is 1. The molecule has 0 bridgehead atoms. The van der Waals surface area contributed by atoms with Crippen LogP contribution in [0.1, 0.15) is 45.4 Å². The van der Waals surface area contributed by atoms with E-state index in [1.165, 1.54) is 21.9 Å². The largest absolute Gasteiger partial charge is 0.478 e. The predicted molar refractivity (Wildman–Crippen MR) is 108 cm³/mol. The van der Waals surface area contributed by atoms with Crippen LogP contribution in [0.3, 0.4) is 0 Å². The summed E-state index contributed by atoms with van der Waals surface area (Å²) in [6.07, 6.45) is 5.59. The van der Waals surface area contributed by atoms with Crippen molar-refractivity contribution >= 4 is 22.4 Å². The minimum absolute atomic E-state index is 0.159. The Morgan fingerprint density at radius 1 is 1.04 bits per heavy atom. The van der Waals surface area contributed by atoms with Gasteiger partial charge in [-0.3, -0.25) is 0 Å². The van der Waals surface area contributed by atoms with Gasteiger partial charge >= 0.3 is 5.97 Å². The van der Waals surface area contributed by atoms with Crippen LogP contribution in [-0.2, 0) is 0 Å². The highest BCUT2D eigenvalue weighted by molar-refractivity contribution is 5.92. The third-order valence-electron chi connectivity index (χ3n) is 6.19. The zero-order valence-corrected chi connectivity index (χ0v) is 15.1. The number of carbonyl (C=O) groups is 1. The number of rotatable bonds is 2. The van der Waals surface area contributed by atoms with Crippen LogP contribution in [0.2, 0.25) is 0 Å². The zero-order valence-electron chi connectivity index (χ0n) is 15.1. The molecule has 3 nitrogen and oxygen atoms in total. The number of benzene rings is 3. The molecule has 0 saturated carbocycles. The van der Waals surface area contributed by atoms with E-state index in [0.29, 0.717) is 17.4 Å². The number of carboxylic acid groups (broad SMARTS) is 1. The second kappa shape index (κ2) is 5.98. The number of fused-ring (bicyclic) bond motifs is 4. The van der Waals surface area contributed by atoms with Crippen LogP contribution in [0.15, 0.2) is 66.7 Å². The quantitative estimate of drug-likeness (QED) is 0.582. The maximum Gasteiger partial charge on any atom is 0.336 e. The first kappa shape index (κ1) is 16.1. The fourth-order valence-corrected chi connectivity index (χ4v) is 4.88. The van der Waals surface area contributed by atoms with Crippen LogP contribution in [0.25, 0.3) is 10.8 Å². The molecule has 2 aliphatic rings. The number of hydrogen-bond donors (Lipinski definition) is 2. The Kier molecular flexibility index (Phi) is 3.57. The summed E-state index contributed by atoms with van der Waals surface area (Å²) in [7, 11) is 0. The fourth-order valence-electron chi connectivity index (χ4n) is 4.88. The molecule has 3 atom stereocenters. The summed E-state index contributed by atoms with van der Waals surface area (Å²) < 4.78 is 0. The molecule has 3 heteroatoms. The summed E-state index contributed by atoms with van der Waals surface area (Å²) >= 11 is 0. The molecule has 0 aromatic heterocycles. The van der Waals surface area contributed by atoms with Crippen molar-refractivity contribution in [1.29, 1.82) is 0 Å². The predicted octanol–water partition coefficient (Wildman–Crippen LogP) is 5.67. The summed E-state index contributed by atoms with van der Waals surface area (Å²) in [5.41, 5.74) is 4.69. The van der Waals surface area contributed by atoms with E-state index in [9.17, 15) is 9.90 Å². The Hall–Kier alpha value is -3.07. The molecular formula is C24H21NO2. The summed E-state index contributed by atoms with van der Waals surface area (Å²) in [6, 6.07) is 18.8. The molecule has 3 aromatic carbocycles. The van der Waals surface area contributed by atoms with E-state index in [4.69, 9.17) is 0 Å². The molecule has 3 unspecified atom stereocenters. The highest BCUT2D eigenvalue weighted by Crippen LogP contribution is 2.51. The summed E-state index contributed by atoms with van der Waals surface area (Å²) in [5.74, 6) is -0.104. The normalized spacial score (nSPS) is 22.9. The molecule has 1 aliphatic carbocycles. The van der Waals surface area contributed by atoms with Crippen LogP contribution < -0.4 is 5.32 Å². The zero-order chi connectivity index (χ0) is 18.5. The average Bonchev–Trinajstić information content (AvgIpc) is 3.17. The minimum atomic E-state index is -0.872. The van der Waals surface area contributed by atoms with E-state index >= 15 is 0 Å². The molecule has 0 spiro atoms. The molecule has 0 amide bonds. The molecule has 0 fully saturated rings. The molecule has 27 heavy (non-hydrogen) atoms. The van der Waals surface area contributed by atoms with Crippen molar-refractivity contribution in [3.8, 4) is 0 Å². The first-order valence-corrected chi connectivity index (χ1v) is 9.43. The Morgan fingerprint density at radius 3 is 2.70 bits per heavy atom. The molecule has 0 saturated heterocycles.